The van der Waals surface area contributed by atoms with Gasteiger partial charge in [-0.25, -0.2) is 4.39 Å². The van der Waals surface area contributed by atoms with E-state index in [1.54, 1.807) is 12.1 Å². The van der Waals surface area contributed by atoms with E-state index in [2.05, 4.69) is 12.4 Å². The number of nitrogens with one attached hydrogen (secondary N) is 1. The monoisotopic (exact) mass is 195 g/mol. The molecule has 1 aromatic rings. The van der Waals surface area contributed by atoms with Crippen LogP contribution in [0.3, 0.4) is 0 Å². The van der Waals surface area contributed by atoms with Gasteiger partial charge in [0.1, 0.15) is 11.5 Å². The number of nitrogens with zero attached hydrogens (tertiary/aromatic N) is 1. The highest BCUT2D eigenvalue weighted by Crippen LogP contribution is 2.21. The smallest absolute Gasteiger partial charge is 0.132 e. The first-order valence-electron chi connectivity index (χ1n) is 5.02. The van der Waals surface area contributed by atoms with Crippen molar-refractivity contribution in [2.45, 2.75) is 0 Å². The number of rotatable bonds is 1. The van der Waals surface area contributed by atoms with Gasteiger partial charge in [-0.3, -0.25) is 4.48 Å². The highest BCUT2D eigenvalue weighted by atomic mass is 19.1. The second-order valence-electron chi connectivity index (χ2n) is 4.07. The average molecular weight is 195 g/mol. The lowest BCUT2D eigenvalue weighted by Gasteiger charge is -2.37. The number of quaternary nitrogens is 1. The minimum Gasteiger partial charge on any atom is -0.306 e. The first kappa shape index (κ1) is 9.62. The number of piperazine rings is 1. The largest absolute Gasteiger partial charge is 0.306 e. The average Bonchev–Trinajstić information content (AvgIpc) is 2.19. The first-order valence-corrected chi connectivity index (χ1v) is 5.02. The SMILES string of the molecule is C[N+]1(c2ccc(F)cc2)CCNCC1. The molecule has 0 atom stereocenters. The van der Waals surface area contributed by atoms with Gasteiger partial charge in [0.25, 0.3) is 0 Å². The molecule has 0 unspecified atom stereocenters. The van der Waals surface area contributed by atoms with Crippen LogP contribution >= 0.6 is 0 Å². The van der Waals surface area contributed by atoms with Gasteiger partial charge in [0.15, 0.2) is 0 Å². The van der Waals surface area contributed by atoms with Gasteiger partial charge < -0.3 is 5.32 Å². The van der Waals surface area contributed by atoms with Gasteiger partial charge in [0, 0.05) is 25.2 Å². The molecule has 3 heteroatoms. The lowest BCUT2D eigenvalue weighted by Crippen LogP contribution is -2.57. The van der Waals surface area contributed by atoms with Gasteiger partial charge >= 0.3 is 0 Å². The van der Waals surface area contributed by atoms with Gasteiger partial charge in [-0.05, 0) is 12.1 Å². The molecule has 1 saturated heterocycles. The van der Waals surface area contributed by atoms with Gasteiger partial charge in [-0.2, -0.15) is 0 Å². The molecule has 1 aliphatic rings. The van der Waals surface area contributed by atoms with E-state index in [4.69, 9.17) is 0 Å². The molecule has 0 aliphatic carbocycles. The minimum absolute atomic E-state index is 0.157. The third-order valence-corrected chi connectivity index (χ3v) is 3.01. The van der Waals surface area contributed by atoms with Crippen molar-refractivity contribution in [2.75, 3.05) is 33.2 Å². The highest BCUT2D eigenvalue weighted by molar-refractivity contribution is 5.42. The molecule has 1 aromatic carbocycles. The Morgan fingerprint density at radius 3 is 2.29 bits per heavy atom. The maximum atomic E-state index is 12.8. The number of hydrogen-bond acceptors (Lipinski definition) is 1. The maximum Gasteiger partial charge on any atom is 0.132 e. The zero-order valence-electron chi connectivity index (χ0n) is 8.46. The lowest BCUT2D eigenvalue weighted by atomic mass is 10.2. The van der Waals surface area contributed by atoms with Crippen LogP contribution in [0.25, 0.3) is 0 Å². The first-order chi connectivity index (χ1) is 6.71. The maximum absolute atomic E-state index is 12.8. The Balaban J connectivity index is 2.23. The number of benzene rings is 1. The van der Waals surface area contributed by atoms with Crippen molar-refractivity contribution < 1.29 is 4.39 Å². The molecule has 14 heavy (non-hydrogen) atoms. The fraction of sp³-hybridized carbons (Fsp3) is 0.455. The van der Waals surface area contributed by atoms with E-state index in [9.17, 15) is 4.39 Å². The summed E-state index contributed by atoms with van der Waals surface area (Å²) in [5.74, 6) is -0.157. The molecule has 0 spiro atoms. The molecule has 0 saturated carbocycles. The summed E-state index contributed by atoms with van der Waals surface area (Å²) < 4.78 is 13.7. The van der Waals surface area contributed by atoms with E-state index in [1.165, 1.54) is 5.69 Å². The molecule has 76 valence electrons. The van der Waals surface area contributed by atoms with Crippen LogP contribution in [0.5, 0.6) is 0 Å². The third kappa shape index (κ3) is 1.79. The molecule has 0 amide bonds. The third-order valence-electron chi connectivity index (χ3n) is 3.01. The van der Waals surface area contributed by atoms with Crippen molar-refractivity contribution in [3.8, 4) is 0 Å². The summed E-state index contributed by atoms with van der Waals surface area (Å²) in [5, 5.41) is 3.33. The van der Waals surface area contributed by atoms with Crippen LogP contribution in [0, 0.1) is 5.82 Å². The molecule has 0 bridgehead atoms. The van der Waals surface area contributed by atoms with E-state index in [-0.39, 0.29) is 5.82 Å². The molecule has 2 nitrogen and oxygen atoms in total. The lowest BCUT2D eigenvalue weighted by molar-refractivity contribution is 0.288. The molecular formula is C11H16FN2+. The van der Waals surface area contributed by atoms with E-state index >= 15 is 0 Å². The second-order valence-corrected chi connectivity index (χ2v) is 4.07. The zero-order valence-corrected chi connectivity index (χ0v) is 8.46. The van der Waals surface area contributed by atoms with Gasteiger partial charge in [0.05, 0.1) is 20.1 Å². The van der Waals surface area contributed by atoms with E-state index in [1.807, 2.05) is 12.1 Å². The summed E-state index contributed by atoms with van der Waals surface area (Å²) in [5.41, 5.74) is 1.20. The predicted octanol–water partition coefficient (Wildman–Crippen LogP) is 1.37. The zero-order chi connectivity index (χ0) is 10.0. The molecule has 1 heterocycles. The Labute approximate surface area is 83.9 Å². The topological polar surface area (TPSA) is 12.0 Å². The number of likely N-dealkylation sites (N-methyl/N-ethyl adjacent to an activating group) is 1. The van der Waals surface area contributed by atoms with Crippen LogP contribution in [-0.2, 0) is 0 Å². The Morgan fingerprint density at radius 2 is 1.71 bits per heavy atom. The molecule has 2 rings (SSSR count). The van der Waals surface area contributed by atoms with Crippen LogP contribution in [0.4, 0.5) is 10.1 Å². The van der Waals surface area contributed by atoms with Gasteiger partial charge in [-0.1, -0.05) is 0 Å². The van der Waals surface area contributed by atoms with Crippen LogP contribution in [0.2, 0.25) is 0 Å². The summed E-state index contributed by atoms with van der Waals surface area (Å²) >= 11 is 0. The molecular weight excluding hydrogens is 179 g/mol. The van der Waals surface area contributed by atoms with Gasteiger partial charge in [-0.15, -0.1) is 0 Å². The Kier molecular flexibility index (Phi) is 2.52. The Bertz CT molecular complexity index is 302. The van der Waals surface area contributed by atoms with Crippen molar-refractivity contribution in [2.24, 2.45) is 0 Å². The molecule has 1 N–H and O–H groups in total. The second kappa shape index (κ2) is 3.67. The fourth-order valence-electron chi connectivity index (χ4n) is 1.95. The minimum atomic E-state index is -0.157. The standard InChI is InChI=1S/C11H16FN2/c1-14(8-6-13-7-9-14)11-4-2-10(12)3-5-11/h2-5,13H,6-9H2,1H3/q+1. The summed E-state index contributed by atoms with van der Waals surface area (Å²) in [6.07, 6.45) is 0. The van der Waals surface area contributed by atoms with Crippen LogP contribution < -0.4 is 9.80 Å². The number of halogens is 1. The van der Waals surface area contributed by atoms with E-state index in [0.717, 1.165) is 30.7 Å². The van der Waals surface area contributed by atoms with Crippen LogP contribution in [-0.4, -0.2) is 33.2 Å². The van der Waals surface area contributed by atoms with E-state index < -0.39 is 0 Å². The fourth-order valence-corrected chi connectivity index (χ4v) is 1.95. The Hall–Kier alpha value is -0.930. The molecule has 0 radical (unpaired) electrons. The van der Waals surface area contributed by atoms with Crippen molar-refractivity contribution >= 4 is 5.69 Å². The van der Waals surface area contributed by atoms with Crippen molar-refractivity contribution in [3.05, 3.63) is 30.1 Å². The van der Waals surface area contributed by atoms with Crippen LogP contribution in [0.15, 0.2) is 24.3 Å². The summed E-state index contributed by atoms with van der Waals surface area (Å²) in [4.78, 5) is 0. The van der Waals surface area contributed by atoms with E-state index in [0.29, 0.717) is 0 Å². The van der Waals surface area contributed by atoms with Crippen molar-refractivity contribution in [3.63, 3.8) is 0 Å². The molecule has 1 fully saturated rings. The van der Waals surface area contributed by atoms with Crippen molar-refractivity contribution in [1.29, 1.82) is 0 Å². The summed E-state index contributed by atoms with van der Waals surface area (Å²) in [6.45, 7) is 4.22. The quantitative estimate of drug-likeness (QED) is 0.667. The summed E-state index contributed by atoms with van der Waals surface area (Å²) in [7, 11) is 2.20. The van der Waals surface area contributed by atoms with Crippen LogP contribution in [0.1, 0.15) is 0 Å². The van der Waals surface area contributed by atoms with Gasteiger partial charge in [0.2, 0.25) is 0 Å². The normalized spacial score (nSPS) is 20.7. The van der Waals surface area contributed by atoms with Crippen molar-refractivity contribution in [1.82, 2.24) is 9.80 Å². The number of hydrogen-bond donors (Lipinski definition) is 1. The highest BCUT2D eigenvalue weighted by Gasteiger charge is 2.26. The Morgan fingerprint density at radius 1 is 1.14 bits per heavy atom. The molecule has 1 aliphatic heterocycles. The molecule has 0 aromatic heterocycles. The summed E-state index contributed by atoms with van der Waals surface area (Å²) in [6, 6.07) is 6.86. The predicted molar refractivity (Wildman–Crippen MR) is 56.7 cm³/mol.